The van der Waals surface area contributed by atoms with Crippen molar-refractivity contribution in [3.05, 3.63) is 46.0 Å². The van der Waals surface area contributed by atoms with Gasteiger partial charge >= 0.3 is 11.9 Å². The molecule has 1 aliphatic carbocycles. The van der Waals surface area contributed by atoms with Crippen LogP contribution in [0.1, 0.15) is 38.2 Å². The Morgan fingerprint density at radius 3 is 1.93 bits per heavy atom. The summed E-state index contributed by atoms with van der Waals surface area (Å²) in [6.45, 7) is 2.89. The Bertz CT molecular complexity index is 705. The van der Waals surface area contributed by atoms with Gasteiger partial charge in [0, 0.05) is 24.1 Å². The van der Waals surface area contributed by atoms with Gasteiger partial charge in [0.1, 0.15) is 0 Å². The van der Waals surface area contributed by atoms with Crippen molar-refractivity contribution < 1.29 is 24.9 Å². The van der Waals surface area contributed by atoms with E-state index < -0.39 is 17.5 Å². The lowest BCUT2D eigenvalue weighted by Crippen LogP contribution is -2.45. The van der Waals surface area contributed by atoms with Crippen LogP contribution in [0.15, 0.2) is 30.4 Å². The molecule has 1 fully saturated rings. The van der Waals surface area contributed by atoms with E-state index in [1.807, 2.05) is 19.1 Å². The number of aliphatic carboxylic acids is 2. The molecule has 2 rings (SSSR count). The van der Waals surface area contributed by atoms with E-state index in [-0.39, 0.29) is 5.41 Å². The summed E-state index contributed by atoms with van der Waals surface area (Å²) < 4.78 is 0. The summed E-state index contributed by atoms with van der Waals surface area (Å²) in [6, 6.07) is 5.95. The Hall–Kier alpha value is -1.60. The molecule has 0 atom stereocenters. The van der Waals surface area contributed by atoms with Gasteiger partial charge < -0.3 is 20.2 Å². The highest BCUT2D eigenvalue weighted by Gasteiger charge is 2.41. The molecule has 0 heterocycles. The zero-order valence-electron chi connectivity index (χ0n) is 16.3. The third kappa shape index (κ3) is 7.80. The molecule has 0 aliphatic heterocycles. The van der Waals surface area contributed by atoms with E-state index in [2.05, 4.69) is 25.1 Å². The Kier molecular flexibility index (Phi) is 8.95. The molecular weight excluding hydrogens is 405 g/mol. The molecule has 1 saturated carbocycles. The molecule has 0 bridgehead atoms. The van der Waals surface area contributed by atoms with Crippen molar-refractivity contribution in [1.82, 2.24) is 4.90 Å². The molecule has 6 nitrogen and oxygen atoms in total. The van der Waals surface area contributed by atoms with Gasteiger partial charge in [0.15, 0.2) is 0 Å². The molecule has 0 amide bonds. The van der Waals surface area contributed by atoms with Gasteiger partial charge in [-0.15, -0.1) is 0 Å². The van der Waals surface area contributed by atoms with E-state index in [4.69, 9.17) is 33.4 Å². The van der Waals surface area contributed by atoms with Crippen molar-refractivity contribution in [2.45, 2.75) is 43.6 Å². The van der Waals surface area contributed by atoms with Crippen LogP contribution in [-0.2, 0) is 15.0 Å². The van der Waals surface area contributed by atoms with Gasteiger partial charge in [-0.2, -0.15) is 0 Å². The van der Waals surface area contributed by atoms with Crippen LogP contribution in [0.3, 0.4) is 0 Å². The number of rotatable bonds is 5. The average molecular weight is 432 g/mol. The predicted molar refractivity (Wildman–Crippen MR) is 110 cm³/mol. The third-order valence-corrected chi connectivity index (χ3v) is 5.54. The fourth-order valence-electron chi connectivity index (χ4n) is 3.38. The minimum atomic E-state index is -1.26. The van der Waals surface area contributed by atoms with Crippen LogP contribution in [-0.4, -0.2) is 58.4 Å². The highest BCUT2D eigenvalue weighted by molar-refractivity contribution is 6.42. The van der Waals surface area contributed by atoms with Crippen molar-refractivity contribution in [2.24, 2.45) is 0 Å². The minimum Gasteiger partial charge on any atom is -0.478 e. The van der Waals surface area contributed by atoms with Crippen molar-refractivity contribution in [1.29, 1.82) is 0 Å². The zero-order valence-corrected chi connectivity index (χ0v) is 17.8. The predicted octanol–water partition coefficient (Wildman–Crippen LogP) is 3.83. The highest BCUT2D eigenvalue weighted by atomic mass is 35.5. The highest BCUT2D eigenvalue weighted by Crippen LogP contribution is 2.44. The smallest absolute Gasteiger partial charge is 0.328 e. The first-order valence-electron chi connectivity index (χ1n) is 8.83. The maximum absolute atomic E-state index is 10.2. The van der Waals surface area contributed by atoms with Crippen molar-refractivity contribution in [2.75, 3.05) is 20.6 Å². The molecule has 0 unspecified atom stereocenters. The van der Waals surface area contributed by atoms with Crippen LogP contribution in [0, 0.1) is 0 Å². The summed E-state index contributed by atoms with van der Waals surface area (Å²) in [7, 11) is 4.18. The standard InChI is InChI=1S/C16H23Cl2NO.C4H4O4/c1-15(20)6-8-16(9-7-15,11-19(2)3)12-4-5-13(17)14(18)10-12;5-3(6)1-2-4(7)8/h4-5,10,20H,6-9,11H2,1-3H3;1-2H,(H,5,6)(H,7,8)/b;2-1-. The lowest BCUT2D eigenvalue weighted by molar-refractivity contribution is -0.134. The second-order valence-corrected chi connectivity index (χ2v) is 8.47. The first kappa shape index (κ1) is 24.4. The van der Waals surface area contributed by atoms with Crippen LogP contribution >= 0.6 is 23.2 Å². The lowest BCUT2D eigenvalue weighted by atomic mass is 9.65. The molecular formula is C20H27Cl2NO5. The molecule has 0 spiro atoms. The molecule has 28 heavy (non-hydrogen) atoms. The van der Waals surface area contributed by atoms with Gasteiger partial charge in [-0.25, -0.2) is 9.59 Å². The maximum Gasteiger partial charge on any atom is 0.328 e. The van der Waals surface area contributed by atoms with Crippen LogP contribution in [0.5, 0.6) is 0 Å². The summed E-state index contributed by atoms with van der Waals surface area (Å²) in [6.07, 6.45) is 4.69. The number of carbonyl (C=O) groups is 2. The topological polar surface area (TPSA) is 98.1 Å². The van der Waals surface area contributed by atoms with Crippen molar-refractivity contribution in [3.63, 3.8) is 0 Å². The monoisotopic (exact) mass is 431 g/mol. The Balaban J connectivity index is 0.000000416. The average Bonchev–Trinajstić information content (AvgIpc) is 2.58. The minimum absolute atomic E-state index is 0.0555. The van der Waals surface area contributed by atoms with Gasteiger partial charge in [-0.05, 0) is 64.4 Å². The Labute approximate surface area is 175 Å². The van der Waals surface area contributed by atoms with E-state index in [0.717, 1.165) is 32.2 Å². The van der Waals surface area contributed by atoms with Gasteiger partial charge in [-0.3, -0.25) is 0 Å². The van der Waals surface area contributed by atoms with E-state index in [1.165, 1.54) is 5.56 Å². The van der Waals surface area contributed by atoms with Crippen LogP contribution in [0.4, 0.5) is 0 Å². The first-order valence-corrected chi connectivity index (χ1v) is 9.59. The number of aliphatic hydroxyl groups is 1. The van der Waals surface area contributed by atoms with E-state index in [1.54, 1.807) is 0 Å². The number of halogens is 2. The van der Waals surface area contributed by atoms with Gasteiger partial charge in [0.2, 0.25) is 0 Å². The second-order valence-electron chi connectivity index (χ2n) is 7.65. The normalized spacial score (nSPS) is 24.7. The Morgan fingerprint density at radius 2 is 1.54 bits per heavy atom. The zero-order chi connectivity index (χ0) is 21.5. The third-order valence-electron chi connectivity index (χ3n) is 4.80. The number of benzene rings is 1. The number of hydrogen-bond donors (Lipinski definition) is 3. The quantitative estimate of drug-likeness (QED) is 0.612. The van der Waals surface area contributed by atoms with Crippen LogP contribution < -0.4 is 0 Å². The molecule has 0 radical (unpaired) electrons. The molecule has 8 heteroatoms. The van der Waals surface area contributed by atoms with E-state index >= 15 is 0 Å². The van der Waals surface area contributed by atoms with Crippen molar-refractivity contribution in [3.8, 4) is 0 Å². The largest absolute Gasteiger partial charge is 0.478 e. The first-order chi connectivity index (χ1) is 12.9. The second kappa shape index (κ2) is 10.3. The van der Waals surface area contributed by atoms with Crippen LogP contribution in [0.2, 0.25) is 10.0 Å². The number of carboxylic acid groups (broad SMARTS) is 2. The molecule has 3 N–H and O–H groups in total. The molecule has 0 saturated heterocycles. The molecule has 0 aromatic heterocycles. The van der Waals surface area contributed by atoms with E-state index in [0.29, 0.717) is 22.2 Å². The Morgan fingerprint density at radius 1 is 1.04 bits per heavy atom. The SMILES string of the molecule is CN(C)CC1(c2ccc(Cl)c(Cl)c2)CCC(C)(O)CC1.O=C(O)/C=C\C(=O)O. The summed E-state index contributed by atoms with van der Waals surface area (Å²) in [5.74, 6) is -2.51. The van der Waals surface area contributed by atoms with Crippen molar-refractivity contribution >= 4 is 35.1 Å². The molecule has 1 aromatic carbocycles. The number of carboxylic acids is 2. The lowest BCUT2D eigenvalue weighted by Gasteiger charge is -2.44. The van der Waals surface area contributed by atoms with E-state index in [9.17, 15) is 14.7 Å². The summed E-state index contributed by atoms with van der Waals surface area (Å²) in [5.41, 5.74) is 0.752. The number of likely N-dealkylation sites (N-methyl/N-ethyl adjacent to an activating group) is 1. The summed E-state index contributed by atoms with van der Waals surface area (Å²) >= 11 is 12.2. The summed E-state index contributed by atoms with van der Waals surface area (Å²) in [5, 5.41) is 27.1. The van der Waals surface area contributed by atoms with Crippen LogP contribution in [0.25, 0.3) is 0 Å². The molecule has 1 aliphatic rings. The van der Waals surface area contributed by atoms with Gasteiger partial charge in [0.25, 0.3) is 0 Å². The maximum atomic E-state index is 10.2. The number of nitrogens with zero attached hydrogens (tertiary/aromatic N) is 1. The fraction of sp³-hybridized carbons (Fsp3) is 0.500. The van der Waals surface area contributed by atoms with Gasteiger partial charge in [0.05, 0.1) is 15.6 Å². The fourth-order valence-corrected chi connectivity index (χ4v) is 3.68. The molecule has 1 aromatic rings. The summed E-state index contributed by atoms with van der Waals surface area (Å²) in [4.78, 5) is 21.3. The molecule has 156 valence electrons. The van der Waals surface area contributed by atoms with Gasteiger partial charge in [-0.1, -0.05) is 29.3 Å². The number of hydrogen-bond acceptors (Lipinski definition) is 4.